The number of amides is 1. The molecule has 1 N–H and O–H groups in total. The van der Waals surface area contributed by atoms with Gasteiger partial charge in [0, 0.05) is 16.6 Å². The van der Waals surface area contributed by atoms with E-state index in [9.17, 15) is 4.79 Å². The first kappa shape index (κ1) is 13.8. The van der Waals surface area contributed by atoms with Crippen molar-refractivity contribution in [3.8, 4) is 0 Å². The molecule has 19 heavy (non-hydrogen) atoms. The van der Waals surface area contributed by atoms with Crippen molar-refractivity contribution in [2.45, 2.75) is 26.8 Å². The Morgan fingerprint density at radius 3 is 2.58 bits per heavy atom. The van der Waals surface area contributed by atoms with Gasteiger partial charge < -0.3 is 9.84 Å². The van der Waals surface area contributed by atoms with Crippen molar-refractivity contribution in [2.24, 2.45) is 0 Å². The van der Waals surface area contributed by atoms with Crippen LogP contribution in [-0.2, 0) is 17.8 Å². The van der Waals surface area contributed by atoms with Crippen molar-refractivity contribution >= 4 is 21.8 Å². The van der Waals surface area contributed by atoms with Crippen molar-refractivity contribution in [1.82, 2.24) is 10.5 Å². The molecule has 4 nitrogen and oxygen atoms in total. The van der Waals surface area contributed by atoms with Crippen LogP contribution in [0, 0.1) is 13.8 Å². The Morgan fingerprint density at radius 1 is 1.32 bits per heavy atom. The fourth-order valence-electron chi connectivity index (χ4n) is 1.79. The summed E-state index contributed by atoms with van der Waals surface area (Å²) in [4.78, 5) is 11.8. The van der Waals surface area contributed by atoms with Crippen LogP contribution in [-0.4, -0.2) is 11.1 Å². The van der Waals surface area contributed by atoms with E-state index >= 15 is 0 Å². The number of aromatic nitrogens is 1. The fraction of sp³-hybridized carbons (Fsp3) is 0.286. The minimum atomic E-state index is -0.0117. The highest BCUT2D eigenvalue weighted by atomic mass is 79.9. The lowest BCUT2D eigenvalue weighted by atomic mass is 10.1. The van der Waals surface area contributed by atoms with Gasteiger partial charge in [-0.05, 0) is 31.5 Å². The van der Waals surface area contributed by atoms with Crippen molar-refractivity contribution in [2.75, 3.05) is 0 Å². The monoisotopic (exact) mass is 322 g/mol. The van der Waals surface area contributed by atoms with E-state index in [1.165, 1.54) is 0 Å². The van der Waals surface area contributed by atoms with Gasteiger partial charge in [-0.25, -0.2) is 0 Å². The normalized spacial score (nSPS) is 10.5. The first-order chi connectivity index (χ1) is 9.06. The van der Waals surface area contributed by atoms with Crippen LogP contribution >= 0.6 is 15.9 Å². The number of nitrogens with zero attached hydrogens (tertiary/aromatic N) is 1. The quantitative estimate of drug-likeness (QED) is 0.941. The van der Waals surface area contributed by atoms with Gasteiger partial charge in [0.15, 0.2) is 0 Å². The molecule has 1 aromatic carbocycles. The molecule has 100 valence electrons. The van der Waals surface area contributed by atoms with E-state index in [1.54, 1.807) is 0 Å². The molecular weight excluding hydrogens is 308 g/mol. The average molecular weight is 323 g/mol. The Morgan fingerprint density at radius 2 is 2.00 bits per heavy atom. The number of carbonyl (C=O) groups excluding carboxylic acids is 1. The molecule has 5 heteroatoms. The summed E-state index contributed by atoms with van der Waals surface area (Å²) >= 11 is 3.37. The zero-order valence-corrected chi connectivity index (χ0v) is 12.5. The smallest absolute Gasteiger partial charge is 0.224 e. The van der Waals surface area contributed by atoms with Crippen LogP contribution in [0.3, 0.4) is 0 Å². The number of nitrogens with one attached hydrogen (secondary N) is 1. The molecule has 0 unspecified atom stereocenters. The summed E-state index contributed by atoms with van der Waals surface area (Å²) in [5.74, 6) is 0.740. The van der Waals surface area contributed by atoms with E-state index in [0.29, 0.717) is 13.0 Å². The molecule has 0 aliphatic heterocycles. The van der Waals surface area contributed by atoms with Gasteiger partial charge in [-0.2, -0.15) is 0 Å². The van der Waals surface area contributed by atoms with E-state index in [0.717, 1.165) is 27.1 Å². The molecule has 0 radical (unpaired) electrons. The summed E-state index contributed by atoms with van der Waals surface area (Å²) in [6.07, 6.45) is 0.372. The number of aryl methyl sites for hydroxylation is 2. The first-order valence-electron chi connectivity index (χ1n) is 5.99. The highest BCUT2D eigenvalue weighted by molar-refractivity contribution is 9.10. The van der Waals surface area contributed by atoms with Gasteiger partial charge in [-0.15, -0.1) is 0 Å². The topological polar surface area (TPSA) is 55.1 Å². The molecule has 2 aromatic rings. The highest BCUT2D eigenvalue weighted by Crippen LogP contribution is 2.12. The van der Waals surface area contributed by atoms with Gasteiger partial charge in [0.2, 0.25) is 5.91 Å². The molecule has 0 saturated carbocycles. The number of hydrogen-bond donors (Lipinski definition) is 1. The highest BCUT2D eigenvalue weighted by Gasteiger charge is 2.10. The van der Waals surface area contributed by atoms with Crippen LogP contribution in [0.4, 0.5) is 0 Å². The van der Waals surface area contributed by atoms with Gasteiger partial charge in [0.1, 0.15) is 5.76 Å². The number of rotatable bonds is 4. The van der Waals surface area contributed by atoms with Crippen LogP contribution in [0.2, 0.25) is 0 Å². The summed E-state index contributed by atoms with van der Waals surface area (Å²) in [6.45, 7) is 4.17. The SMILES string of the molecule is Cc1noc(C)c1CNC(=O)Cc1ccc(Br)cc1. The Labute approximate surface area is 120 Å². The van der Waals surface area contributed by atoms with Gasteiger partial charge in [0.05, 0.1) is 12.1 Å². The van der Waals surface area contributed by atoms with Crippen LogP contribution in [0.1, 0.15) is 22.6 Å². The molecule has 1 amide bonds. The van der Waals surface area contributed by atoms with Crippen molar-refractivity contribution in [3.05, 3.63) is 51.3 Å². The Balaban J connectivity index is 1.90. The van der Waals surface area contributed by atoms with Crippen LogP contribution in [0.5, 0.6) is 0 Å². The Hall–Kier alpha value is -1.62. The van der Waals surface area contributed by atoms with Gasteiger partial charge in [0.25, 0.3) is 0 Å². The second-order valence-electron chi connectivity index (χ2n) is 4.38. The summed E-state index contributed by atoms with van der Waals surface area (Å²) in [5.41, 5.74) is 2.75. The lowest BCUT2D eigenvalue weighted by molar-refractivity contribution is -0.120. The summed E-state index contributed by atoms with van der Waals surface area (Å²) in [7, 11) is 0. The lowest BCUT2D eigenvalue weighted by Gasteiger charge is -2.05. The third-order valence-corrected chi connectivity index (χ3v) is 3.45. The Kier molecular flexibility index (Phi) is 4.37. The molecule has 1 heterocycles. The maximum absolute atomic E-state index is 11.8. The predicted molar refractivity (Wildman–Crippen MR) is 75.7 cm³/mol. The van der Waals surface area contributed by atoms with E-state index in [-0.39, 0.29) is 5.91 Å². The summed E-state index contributed by atoms with van der Waals surface area (Å²) in [5, 5.41) is 6.74. The zero-order valence-electron chi connectivity index (χ0n) is 10.9. The van der Waals surface area contributed by atoms with Crippen LogP contribution < -0.4 is 5.32 Å². The number of carbonyl (C=O) groups is 1. The standard InChI is InChI=1S/C14H15BrN2O2/c1-9-13(10(2)19-17-9)8-16-14(18)7-11-3-5-12(15)6-4-11/h3-6H,7-8H2,1-2H3,(H,16,18). The predicted octanol–water partition coefficient (Wildman–Crippen LogP) is 2.91. The second kappa shape index (κ2) is 6.02. The van der Waals surface area contributed by atoms with Crippen LogP contribution in [0.25, 0.3) is 0 Å². The maximum atomic E-state index is 11.8. The number of halogens is 1. The lowest BCUT2D eigenvalue weighted by Crippen LogP contribution is -2.25. The second-order valence-corrected chi connectivity index (χ2v) is 5.30. The van der Waals surface area contributed by atoms with Crippen LogP contribution in [0.15, 0.2) is 33.3 Å². The molecule has 1 aromatic heterocycles. The largest absolute Gasteiger partial charge is 0.361 e. The molecule has 2 rings (SSSR count). The molecule has 0 aliphatic rings. The van der Waals surface area contributed by atoms with E-state index in [4.69, 9.17) is 4.52 Å². The molecule has 0 fully saturated rings. The minimum Gasteiger partial charge on any atom is -0.361 e. The van der Waals surface area contributed by atoms with Crippen molar-refractivity contribution in [3.63, 3.8) is 0 Å². The molecule has 0 saturated heterocycles. The third-order valence-electron chi connectivity index (χ3n) is 2.92. The molecule has 0 aliphatic carbocycles. The number of hydrogen-bond acceptors (Lipinski definition) is 3. The average Bonchev–Trinajstić information content (AvgIpc) is 2.70. The minimum absolute atomic E-state index is 0.0117. The first-order valence-corrected chi connectivity index (χ1v) is 6.78. The summed E-state index contributed by atoms with van der Waals surface area (Å²) < 4.78 is 6.06. The zero-order chi connectivity index (χ0) is 13.8. The molecule has 0 atom stereocenters. The number of benzene rings is 1. The van der Waals surface area contributed by atoms with Gasteiger partial charge >= 0.3 is 0 Å². The van der Waals surface area contributed by atoms with Crippen molar-refractivity contribution < 1.29 is 9.32 Å². The Bertz CT molecular complexity index is 556. The molecule has 0 spiro atoms. The van der Waals surface area contributed by atoms with Gasteiger partial charge in [-0.3, -0.25) is 4.79 Å². The van der Waals surface area contributed by atoms with E-state index in [2.05, 4.69) is 26.4 Å². The molecule has 0 bridgehead atoms. The van der Waals surface area contributed by atoms with Gasteiger partial charge in [-0.1, -0.05) is 33.2 Å². The maximum Gasteiger partial charge on any atom is 0.224 e. The van der Waals surface area contributed by atoms with E-state index < -0.39 is 0 Å². The molecular formula is C14H15BrN2O2. The van der Waals surface area contributed by atoms with Crippen molar-refractivity contribution in [1.29, 1.82) is 0 Å². The summed E-state index contributed by atoms with van der Waals surface area (Å²) in [6, 6.07) is 7.72. The third kappa shape index (κ3) is 3.67. The fourth-order valence-corrected chi connectivity index (χ4v) is 2.06. The van der Waals surface area contributed by atoms with E-state index in [1.807, 2.05) is 38.1 Å².